The van der Waals surface area contributed by atoms with Gasteiger partial charge in [0.15, 0.2) is 17.6 Å². The number of aliphatic hydroxyl groups is 2. The standard InChI is InChI=1S/C12H13N5O4S/c18-10-11(19)16-9-6(5-14-12-13-1-2-22-12)3-7(17(20)21)4-8(9)15-10/h1-4,10-11,15-16,18-19H,5H2,(H,13,14). The van der Waals surface area contributed by atoms with Crippen LogP contribution >= 0.6 is 11.3 Å². The molecule has 0 spiro atoms. The second-order valence-electron chi connectivity index (χ2n) is 4.65. The maximum atomic E-state index is 11.0. The van der Waals surface area contributed by atoms with E-state index in [2.05, 4.69) is 20.9 Å². The van der Waals surface area contributed by atoms with Crippen LogP contribution in [0.5, 0.6) is 0 Å². The van der Waals surface area contributed by atoms with Crippen LogP contribution in [0.1, 0.15) is 5.56 Å². The number of nitro groups is 1. The zero-order valence-electron chi connectivity index (χ0n) is 11.2. The summed E-state index contributed by atoms with van der Waals surface area (Å²) in [5.74, 6) is 0. The topological polar surface area (TPSA) is 133 Å². The van der Waals surface area contributed by atoms with Crippen LogP contribution in [0.25, 0.3) is 0 Å². The van der Waals surface area contributed by atoms with E-state index in [1.165, 1.54) is 23.5 Å². The van der Waals surface area contributed by atoms with E-state index in [-0.39, 0.29) is 12.2 Å². The smallest absolute Gasteiger partial charge is 0.271 e. The first-order chi connectivity index (χ1) is 10.5. The van der Waals surface area contributed by atoms with Gasteiger partial charge in [0.1, 0.15) is 0 Å². The summed E-state index contributed by atoms with van der Waals surface area (Å²) >= 11 is 1.41. The van der Waals surface area contributed by atoms with Gasteiger partial charge >= 0.3 is 0 Å². The number of aliphatic hydroxyl groups excluding tert-OH is 2. The highest BCUT2D eigenvalue weighted by Gasteiger charge is 2.27. The molecule has 2 aromatic rings. The molecule has 0 amide bonds. The van der Waals surface area contributed by atoms with Crippen molar-refractivity contribution >= 4 is 33.5 Å². The Hall–Kier alpha value is -2.43. The predicted octanol–water partition coefficient (Wildman–Crippen LogP) is 1.14. The van der Waals surface area contributed by atoms with Crippen LogP contribution in [-0.4, -0.2) is 32.6 Å². The van der Waals surface area contributed by atoms with Gasteiger partial charge < -0.3 is 26.2 Å². The zero-order chi connectivity index (χ0) is 15.7. The quantitative estimate of drug-likeness (QED) is 0.418. The van der Waals surface area contributed by atoms with E-state index in [9.17, 15) is 20.3 Å². The second-order valence-corrected chi connectivity index (χ2v) is 5.55. The normalized spacial score (nSPS) is 19.7. The molecular weight excluding hydrogens is 310 g/mol. The number of thiazole rings is 1. The molecule has 0 saturated carbocycles. The lowest BCUT2D eigenvalue weighted by molar-refractivity contribution is -0.384. The molecule has 5 N–H and O–H groups in total. The van der Waals surface area contributed by atoms with E-state index < -0.39 is 17.4 Å². The molecule has 1 aliphatic rings. The highest BCUT2D eigenvalue weighted by Crippen LogP contribution is 2.35. The summed E-state index contributed by atoms with van der Waals surface area (Å²) in [6.07, 6.45) is -0.794. The number of anilines is 3. The van der Waals surface area contributed by atoms with Crippen molar-refractivity contribution < 1.29 is 15.1 Å². The van der Waals surface area contributed by atoms with Gasteiger partial charge in [0.25, 0.3) is 5.69 Å². The maximum absolute atomic E-state index is 11.0. The third-order valence-electron chi connectivity index (χ3n) is 3.17. The number of aromatic nitrogens is 1. The van der Waals surface area contributed by atoms with Gasteiger partial charge in [-0.1, -0.05) is 0 Å². The van der Waals surface area contributed by atoms with Crippen molar-refractivity contribution in [2.45, 2.75) is 19.0 Å². The third kappa shape index (κ3) is 2.79. The van der Waals surface area contributed by atoms with E-state index in [1.807, 2.05) is 5.38 Å². The fraction of sp³-hybridized carbons (Fsp3) is 0.250. The molecule has 2 unspecified atom stereocenters. The fourth-order valence-electron chi connectivity index (χ4n) is 2.16. The Labute approximate surface area is 128 Å². The van der Waals surface area contributed by atoms with Crippen LogP contribution in [0, 0.1) is 10.1 Å². The van der Waals surface area contributed by atoms with Crippen molar-refractivity contribution in [1.29, 1.82) is 0 Å². The minimum Gasteiger partial charge on any atom is -0.369 e. The van der Waals surface area contributed by atoms with Crippen LogP contribution in [0.3, 0.4) is 0 Å². The fourth-order valence-corrected chi connectivity index (χ4v) is 2.69. The number of hydrogen-bond acceptors (Lipinski definition) is 9. The largest absolute Gasteiger partial charge is 0.369 e. The van der Waals surface area contributed by atoms with Gasteiger partial charge in [-0.05, 0) is 0 Å². The SMILES string of the molecule is O=[N+]([O-])c1cc(CNc2nccs2)c2c(c1)NC(O)C(O)N2. The number of rotatable bonds is 4. The van der Waals surface area contributed by atoms with Gasteiger partial charge in [0.2, 0.25) is 0 Å². The Morgan fingerprint density at radius 1 is 1.36 bits per heavy atom. The summed E-state index contributed by atoms with van der Waals surface area (Å²) in [6.45, 7) is 0.287. The van der Waals surface area contributed by atoms with Gasteiger partial charge in [0, 0.05) is 35.8 Å². The van der Waals surface area contributed by atoms with Crippen molar-refractivity contribution in [3.05, 3.63) is 39.4 Å². The summed E-state index contributed by atoms with van der Waals surface area (Å²) < 4.78 is 0. The average Bonchev–Trinajstić information content (AvgIpc) is 2.99. The Balaban J connectivity index is 1.94. The van der Waals surface area contributed by atoms with Crippen LogP contribution in [0.2, 0.25) is 0 Å². The number of nitro benzene ring substituents is 1. The Kier molecular flexibility index (Phi) is 3.79. The summed E-state index contributed by atoms with van der Waals surface area (Å²) in [7, 11) is 0. The maximum Gasteiger partial charge on any atom is 0.271 e. The van der Waals surface area contributed by atoms with Gasteiger partial charge in [0.05, 0.1) is 16.3 Å². The molecule has 2 atom stereocenters. The second kappa shape index (κ2) is 5.75. The molecule has 0 aliphatic carbocycles. The lowest BCUT2D eigenvalue weighted by Gasteiger charge is -2.30. The summed E-state index contributed by atoms with van der Waals surface area (Å²) in [4.78, 5) is 14.6. The van der Waals surface area contributed by atoms with Gasteiger partial charge in [-0.3, -0.25) is 10.1 Å². The lowest BCUT2D eigenvalue weighted by atomic mass is 10.1. The number of benzene rings is 1. The van der Waals surface area contributed by atoms with E-state index in [4.69, 9.17) is 0 Å². The number of nitrogens with zero attached hydrogens (tertiary/aromatic N) is 2. The molecule has 22 heavy (non-hydrogen) atoms. The van der Waals surface area contributed by atoms with Crippen LogP contribution in [0.15, 0.2) is 23.7 Å². The van der Waals surface area contributed by atoms with Crippen LogP contribution in [-0.2, 0) is 6.54 Å². The van der Waals surface area contributed by atoms with Crippen molar-refractivity contribution in [1.82, 2.24) is 4.98 Å². The zero-order valence-corrected chi connectivity index (χ0v) is 12.0. The van der Waals surface area contributed by atoms with Crippen molar-refractivity contribution in [3.8, 4) is 0 Å². The average molecular weight is 323 g/mol. The van der Waals surface area contributed by atoms with Gasteiger partial charge in [-0.2, -0.15) is 0 Å². The molecule has 0 bridgehead atoms. The number of nitrogens with one attached hydrogen (secondary N) is 3. The van der Waals surface area contributed by atoms with Crippen molar-refractivity contribution in [2.24, 2.45) is 0 Å². The van der Waals surface area contributed by atoms with Crippen LogP contribution < -0.4 is 16.0 Å². The Bertz CT molecular complexity index is 693. The van der Waals surface area contributed by atoms with Crippen molar-refractivity contribution in [2.75, 3.05) is 16.0 Å². The van der Waals surface area contributed by atoms with Gasteiger partial charge in [-0.25, -0.2) is 4.98 Å². The van der Waals surface area contributed by atoms with Crippen molar-refractivity contribution in [3.63, 3.8) is 0 Å². The molecule has 10 heteroatoms. The first-order valence-electron chi connectivity index (χ1n) is 6.38. The van der Waals surface area contributed by atoms with Gasteiger partial charge in [-0.15, -0.1) is 11.3 Å². The van der Waals surface area contributed by atoms with Crippen LogP contribution in [0.4, 0.5) is 22.2 Å². The monoisotopic (exact) mass is 323 g/mol. The van der Waals surface area contributed by atoms with E-state index in [1.54, 1.807) is 6.20 Å². The minimum atomic E-state index is -1.24. The first-order valence-corrected chi connectivity index (χ1v) is 7.26. The molecule has 116 valence electrons. The minimum absolute atomic E-state index is 0.104. The number of non-ortho nitro benzene ring substituents is 1. The molecule has 1 aliphatic heterocycles. The summed E-state index contributed by atoms with van der Waals surface area (Å²) in [5.41, 5.74) is 1.35. The predicted molar refractivity (Wildman–Crippen MR) is 81.8 cm³/mol. The molecule has 1 aromatic carbocycles. The van der Waals surface area contributed by atoms with E-state index >= 15 is 0 Å². The molecule has 0 radical (unpaired) electrons. The highest BCUT2D eigenvalue weighted by molar-refractivity contribution is 7.13. The summed E-state index contributed by atoms with van der Waals surface area (Å²) in [6, 6.07) is 2.73. The van der Waals surface area contributed by atoms with E-state index in [0.29, 0.717) is 22.1 Å². The van der Waals surface area contributed by atoms with E-state index in [0.717, 1.165) is 0 Å². The molecule has 3 rings (SSSR count). The molecule has 1 aromatic heterocycles. The summed E-state index contributed by atoms with van der Waals surface area (Å²) in [5, 5.41) is 41.3. The molecule has 2 heterocycles. The Morgan fingerprint density at radius 3 is 2.82 bits per heavy atom. The lowest BCUT2D eigenvalue weighted by Crippen LogP contribution is -2.43. The number of hydrogen-bond donors (Lipinski definition) is 5. The molecule has 0 saturated heterocycles. The third-order valence-corrected chi connectivity index (χ3v) is 3.90. The molecular formula is C12H13N5O4S. The highest BCUT2D eigenvalue weighted by atomic mass is 32.1. The number of fused-ring (bicyclic) bond motifs is 1. The molecule has 9 nitrogen and oxygen atoms in total. The first kappa shape index (κ1) is 14.5. The molecule has 0 fully saturated rings. The Morgan fingerprint density at radius 2 is 2.14 bits per heavy atom.